The zero-order valence-corrected chi connectivity index (χ0v) is 16.2. The van der Waals surface area contributed by atoms with Gasteiger partial charge in [-0.25, -0.2) is 4.79 Å². The van der Waals surface area contributed by atoms with Crippen LogP contribution in [0.3, 0.4) is 0 Å². The summed E-state index contributed by atoms with van der Waals surface area (Å²) in [4.78, 5) is 14.6. The summed E-state index contributed by atoms with van der Waals surface area (Å²) in [6.45, 7) is 4.76. The molecule has 2 heterocycles. The first-order chi connectivity index (χ1) is 12.9. The second kappa shape index (κ2) is 6.19. The number of nitrogens with zero attached hydrogens (tertiary/aromatic N) is 1. The Morgan fingerprint density at radius 1 is 1.07 bits per heavy atom. The van der Waals surface area contributed by atoms with Crippen LogP contribution in [0.2, 0.25) is 0 Å². The fourth-order valence-electron chi connectivity index (χ4n) is 4.57. The average molecular weight is 367 g/mol. The first-order valence-electron chi connectivity index (χ1n) is 9.23. The van der Waals surface area contributed by atoms with E-state index in [0.29, 0.717) is 24.5 Å². The van der Waals surface area contributed by atoms with Gasteiger partial charge in [0.1, 0.15) is 11.1 Å². The Hall–Kier alpha value is -2.69. The molecule has 27 heavy (non-hydrogen) atoms. The van der Waals surface area contributed by atoms with Crippen LogP contribution in [0.4, 0.5) is 4.79 Å². The van der Waals surface area contributed by atoms with Crippen LogP contribution in [0.5, 0.6) is 11.5 Å². The van der Waals surface area contributed by atoms with Gasteiger partial charge in [-0.15, -0.1) is 0 Å². The van der Waals surface area contributed by atoms with E-state index in [0.717, 1.165) is 17.5 Å². The lowest BCUT2D eigenvalue weighted by Crippen LogP contribution is -2.56. The summed E-state index contributed by atoms with van der Waals surface area (Å²) < 4.78 is 17.0. The Bertz CT molecular complexity index is 881. The lowest BCUT2D eigenvalue weighted by Gasteiger charge is -2.46. The maximum Gasteiger partial charge on any atom is 0.411 e. The SMILES string of the molecule is COc1cc2c(cc1OC)[C@]1(C)N(CC2)C(=O)O[C@@]1(C)Cc1ccccc1. The molecule has 0 spiro atoms. The Labute approximate surface area is 159 Å². The highest BCUT2D eigenvalue weighted by Crippen LogP contribution is 2.53. The minimum Gasteiger partial charge on any atom is -0.493 e. The summed E-state index contributed by atoms with van der Waals surface area (Å²) in [5.41, 5.74) is 2.09. The summed E-state index contributed by atoms with van der Waals surface area (Å²) in [6.07, 6.45) is 1.15. The smallest absolute Gasteiger partial charge is 0.411 e. The molecule has 2 aliphatic rings. The number of amides is 1. The minimum atomic E-state index is -0.694. The fourth-order valence-corrected chi connectivity index (χ4v) is 4.57. The molecule has 1 fully saturated rings. The van der Waals surface area contributed by atoms with Crippen LogP contribution in [0.25, 0.3) is 0 Å². The largest absolute Gasteiger partial charge is 0.493 e. The third-order valence-corrected chi connectivity index (χ3v) is 6.23. The first-order valence-corrected chi connectivity index (χ1v) is 9.23. The molecule has 5 heteroatoms. The number of rotatable bonds is 4. The van der Waals surface area contributed by atoms with Crippen LogP contribution < -0.4 is 9.47 Å². The molecule has 0 saturated carbocycles. The second-order valence-electron chi connectivity index (χ2n) is 7.60. The first kappa shape index (κ1) is 17.7. The predicted molar refractivity (Wildman–Crippen MR) is 102 cm³/mol. The Balaban J connectivity index is 1.86. The van der Waals surface area contributed by atoms with E-state index in [4.69, 9.17) is 14.2 Å². The van der Waals surface area contributed by atoms with E-state index in [9.17, 15) is 4.79 Å². The number of hydrogen-bond donors (Lipinski definition) is 0. The summed E-state index contributed by atoms with van der Waals surface area (Å²) in [6, 6.07) is 14.2. The van der Waals surface area contributed by atoms with Crippen molar-refractivity contribution >= 4 is 6.09 Å². The van der Waals surface area contributed by atoms with E-state index in [1.165, 1.54) is 5.56 Å². The van der Waals surface area contributed by atoms with Gasteiger partial charge in [0.05, 0.1) is 14.2 Å². The maximum absolute atomic E-state index is 12.8. The van der Waals surface area contributed by atoms with Crippen LogP contribution in [-0.2, 0) is 23.1 Å². The van der Waals surface area contributed by atoms with E-state index < -0.39 is 11.1 Å². The fraction of sp³-hybridized carbons (Fsp3) is 0.409. The molecule has 0 aliphatic carbocycles. The number of benzene rings is 2. The van der Waals surface area contributed by atoms with Crippen molar-refractivity contribution in [3.05, 3.63) is 59.2 Å². The predicted octanol–water partition coefficient (Wildman–Crippen LogP) is 3.93. The number of fused-ring (bicyclic) bond motifs is 3. The summed E-state index contributed by atoms with van der Waals surface area (Å²) in [5, 5.41) is 0. The normalized spacial score (nSPS) is 26.2. The molecule has 2 aliphatic heterocycles. The zero-order chi connectivity index (χ0) is 19.2. The van der Waals surface area contributed by atoms with Crippen molar-refractivity contribution in [3.63, 3.8) is 0 Å². The van der Waals surface area contributed by atoms with Gasteiger partial charge < -0.3 is 14.2 Å². The van der Waals surface area contributed by atoms with Gasteiger partial charge in [0.2, 0.25) is 0 Å². The van der Waals surface area contributed by atoms with E-state index in [2.05, 4.69) is 19.1 Å². The number of carbonyl (C=O) groups is 1. The highest BCUT2D eigenvalue weighted by atomic mass is 16.6. The van der Waals surface area contributed by atoms with Crippen molar-refractivity contribution in [2.75, 3.05) is 20.8 Å². The molecule has 0 N–H and O–H groups in total. The average Bonchev–Trinajstić information content (AvgIpc) is 2.87. The van der Waals surface area contributed by atoms with E-state index >= 15 is 0 Å². The molecule has 142 valence electrons. The molecule has 1 saturated heterocycles. The van der Waals surface area contributed by atoms with Crippen LogP contribution in [0.1, 0.15) is 30.5 Å². The monoisotopic (exact) mass is 367 g/mol. The molecule has 1 amide bonds. The van der Waals surface area contributed by atoms with E-state index in [1.807, 2.05) is 42.2 Å². The molecule has 2 atom stereocenters. The molecular formula is C22H25NO4. The summed E-state index contributed by atoms with van der Waals surface area (Å²) in [5.74, 6) is 1.38. The van der Waals surface area contributed by atoms with Crippen molar-refractivity contribution in [1.82, 2.24) is 4.90 Å². The van der Waals surface area contributed by atoms with E-state index in [1.54, 1.807) is 14.2 Å². The third kappa shape index (κ3) is 2.48. The van der Waals surface area contributed by atoms with Gasteiger partial charge in [-0.05, 0) is 49.1 Å². The molecule has 0 bridgehead atoms. The van der Waals surface area contributed by atoms with Gasteiger partial charge >= 0.3 is 6.09 Å². The number of ether oxygens (including phenoxy) is 3. The van der Waals surface area contributed by atoms with Crippen molar-refractivity contribution in [2.24, 2.45) is 0 Å². The topological polar surface area (TPSA) is 48.0 Å². The lowest BCUT2D eigenvalue weighted by molar-refractivity contribution is 0.00226. The highest BCUT2D eigenvalue weighted by Gasteiger charge is 2.62. The van der Waals surface area contributed by atoms with Gasteiger partial charge in [-0.1, -0.05) is 30.3 Å². The molecule has 2 aromatic carbocycles. The van der Waals surface area contributed by atoms with Gasteiger partial charge in [0.25, 0.3) is 0 Å². The zero-order valence-electron chi connectivity index (χ0n) is 16.2. The lowest BCUT2D eigenvalue weighted by atomic mass is 9.70. The van der Waals surface area contributed by atoms with Gasteiger partial charge in [-0.2, -0.15) is 0 Å². The molecular weight excluding hydrogens is 342 g/mol. The second-order valence-corrected chi connectivity index (χ2v) is 7.60. The van der Waals surface area contributed by atoms with Crippen LogP contribution >= 0.6 is 0 Å². The summed E-state index contributed by atoms with van der Waals surface area (Å²) in [7, 11) is 3.27. The quantitative estimate of drug-likeness (QED) is 0.822. The Morgan fingerprint density at radius 2 is 1.74 bits per heavy atom. The van der Waals surface area contributed by atoms with Crippen LogP contribution in [0.15, 0.2) is 42.5 Å². The maximum atomic E-state index is 12.8. The van der Waals surface area contributed by atoms with Gasteiger partial charge in [0, 0.05) is 13.0 Å². The molecule has 4 rings (SSSR count). The Kier molecular flexibility index (Phi) is 4.06. The Morgan fingerprint density at radius 3 is 2.41 bits per heavy atom. The van der Waals surface area contributed by atoms with Crippen molar-refractivity contribution < 1.29 is 19.0 Å². The van der Waals surface area contributed by atoms with Crippen LogP contribution in [-0.4, -0.2) is 37.4 Å². The molecule has 2 aromatic rings. The minimum absolute atomic E-state index is 0.253. The highest BCUT2D eigenvalue weighted by molar-refractivity contribution is 5.75. The van der Waals surface area contributed by atoms with Crippen molar-refractivity contribution in [2.45, 2.75) is 37.8 Å². The standard InChI is InChI=1S/C22H25NO4/c1-21(14-15-8-6-5-7-9-15)22(2)17-13-19(26-4)18(25-3)12-16(17)10-11-23(22)20(24)27-21/h5-9,12-13H,10-11,14H2,1-4H3/t21-,22-/m0/s1. The number of carbonyl (C=O) groups excluding carboxylic acids is 1. The number of cyclic esters (lactones) is 1. The number of methoxy groups -OCH3 is 2. The molecule has 0 radical (unpaired) electrons. The van der Waals surface area contributed by atoms with Crippen molar-refractivity contribution in [1.29, 1.82) is 0 Å². The molecule has 0 aromatic heterocycles. The third-order valence-electron chi connectivity index (χ3n) is 6.23. The van der Waals surface area contributed by atoms with Crippen molar-refractivity contribution in [3.8, 4) is 11.5 Å². The van der Waals surface area contributed by atoms with Gasteiger partial charge in [0.15, 0.2) is 11.5 Å². The molecule has 5 nitrogen and oxygen atoms in total. The number of hydrogen-bond acceptors (Lipinski definition) is 4. The van der Waals surface area contributed by atoms with Crippen LogP contribution in [0, 0.1) is 0 Å². The molecule has 0 unspecified atom stereocenters. The van der Waals surface area contributed by atoms with Gasteiger partial charge in [-0.3, -0.25) is 4.90 Å². The van der Waals surface area contributed by atoms with E-state index in [-0.39, 0.29) is 6.09 Å². The summed E-state index contributed by atoms with van der Waals surface area (Å²) >= 11 is 0.